The molecule has 1 rings (SSSR count). The highest BCUT2D eigenvalue weighted by molar-refractivity contribution is 5.77. The topological polar surface area (TPSA) is 88.1 Å². The molecule has 21 heavy (non-hydrogen) atoms. The summed E-state index contributed by atoms with van der Waals surface area (Å²) < 4.78 is 13.1. The zero-order valence-corrected chi connectivity index (χ0v) is 11.5. The maximum atomic E-state index is 13.1. The predicted molar refractivity (Wildman–Crippen MR) is 73.0 cm³/mol. The Morgan fingerprint density at radius 3 is 2.43 bits per heavy atom. The lowest BCUT2D eigenvalue weighted by Crippen LogP contribution is -2.33. The smallest absolute Gasteiger partial charge is 0.225 e. The fraction of sp³-hybridized carbons (Fsp3) is 0.400. The van der Waals surface area contributed by atoms with Crippen molar-refractivity contribution in [2.45, 2.75) is 25.4 Å². The van der Waals surface area contributed by atoms with E-state index in [-0.39, 0.29) is 38.3 Å². The van der Waals surface area contributed by atoms with Crippen molar-refractivity contribution in [1.29, 1.82) is 10.5 Å². The van der Waals surface area contributed by atoms with Crippen molar-refractivity contribution in [3.05, 3.63) is 35.6 Å². The Kier molecular flexibility index (Phi) is 6.86. The lowest BCUT2D eigenvalue weighted by molar-refractivity contribution is -0.133. The first-order valence-corrected chi connectivity index (χ1v) is 6.53. The zero-order valence-electron chi connectivity index (χ0n) is 11.5. The van der Waals surface area contributed by atoms with Gasteiger partial charge in [0.2, 0.25) is 5.91 Å². The summed E-state index contributed by atoms with van der Waals surface area (Å²) in [6.07, 6.45) is -0.999. The first kappa shape index (κ1) is 16.6. The molecule has 1 unspecified atom stereocenters. The summed E-state index contributed by atoms with van der Waals surface area (Å²) >= 11 is 0. The lowest BCUT2D eigenvalue weighted by Gasteiger charge is -2.22. The van der Waals surface area contributed by atoms with Crippen LogP contribution in [-0.4, -0.2) is 29.0 Å². The summed E-state index contributed by atoms with van der Waals surface area (Å²) in [4.78, 5) is 13.4. The molecule has 110 valence electrons. The molecule has 0 spiro atoms. The van der Waals surface area contributed by atoms with Crippen LogP contribution in [0.4, 0.5) is 4.39 Å². The van der Waals surface area contributed by atoms with E-state index in [0.29, 0.717) is 5.56 Å². The molecule has 0 saturated carbocycles. The van der Waals surface area contributed by atoms with Crippen LogP contribution in [0.2, 0.25) is 0 Å². The molecule has 0 aromatic heterocycles. The van der Waals surface area contributed by atoms with Crippen molar-refractivity contribution in [2.75, 3.05) is 13.1 Å². The van der Waals surface area contributed by atoms with Crippen molar-refractivity contribution in [3.8, 4) is 12.1 Å². The van der Waals surface area contributed by atoms with Crippen molar-refractivity contribution in [2.24, 2.45) is 0 Å². The molecule has 0 aliphatic carbocycles. The number of carbonyl (C=O) groups is 1. The summed E-state index contributed by atoms with van der Waals surface area (Å²) in [6, 6.07) is 9.29. The summed E-state index contributed by atoms with van der Waals surface area (Å²) in [5, 5.41) is 27.1. The molecule has 1 N–H and O–H groups in total. The van der Waals surface area contributed by atoms with Gasteiger partial charge in [0, 0.05) is 13.1 Å². The number of hydrogen-bond acceptors (Lipinski definition) is 4. The molecule has 1 aromatic carbocycles. The minimum atomic E-state index is -1.11. The number of nitrogens with zero attached hydrogens (tertiary/aromatic N) is 3. The van der Waals surface area contributed by atoms with Gasteiger partial charge >= 0.3 is 0 Å². The van der Waals surface area contributed by atoms with Gasteiger partial charge in [-0.15, -0.1) is 0 Å². The highest BCUT2D eigenvalue weighted by atomic mass is 19.1. The van der Waals surface area contributed by atoms with Crippen molar-refractivity contribution >= 4 is 5.91 Å². The van der Waals surface area contributed by atoms with Gasteiger partial charge in [0.1, 0.15) is 5.82 Å². The molecule has 0 radical (unpaired) electrons. The van der Waals surface area contributed by atoms with E-state index in [0.717, 1.165) is 0 Å². The standard InChI is InChI=1S/C15H16FN3O2/c16-13-5-1-4-12(10-13)14(20)11-15(21)19(8-2-6-17)9-3-7-18/h1,4-5,10,14,20H,2-3,8-9,11H2. The maximum Gasteiger partial charge on any atom is 0.225 e. The number of halogens is 1. The molecule has 6 heteroatoms. The van der Waals surface area contributed by atoms with Gasteiger partial charge in [-0.3, -0.25) is 4.79 Å². The predicted octanol–water partition coefficient (Wildman–Crippen LogP) is 1.91. The fourth-order valence-corrected chi connectivity index (χ4v) is 1.86. The molecule has 1 atom stereocenters. The number of nitriles is 2. The van der Waals surface area contributed by atoms with Gasteiger partial charge in [-0.2, -0.15) is 10.5 Å². The minimum Gasteiger partial charge on any atom is -0.388 e. The largest absolute Gasteiger partial charge is 0.388 e. The van der Waals surface area contributed by atoms with Crippen molar-refractivity contribution in [1.82, 2.24) is 4.90 Å². The molecule has 5 nitrogen and oxygen atoms in total. The molecule has 1 aromatic rings. The molecule has 0 aliphatic heterocycles. The Hall–Kier alpha value is -2.44. The van der Waals surface area contributed by atoms with Crippen molar-refractivity contribution in [3.63, 3.8) is 0 Å². The van der Waals surface area contributed by atoms with Crippen LogP contribution in [0.3, 0.4) is 0 Å². The SMILES string of the molecule is N#CCCN(CCC#N)C(=O)CC(O)c1cccc(F)c1. The number of aliphatic hydroxyl groups excluding tert-OH is 1. The first-order chi connectivity index (χ1) is 10.1. The summed E-state index contributed by atoms with van der Waals surface area (Å²) in [5.41, 5.74) is 0.323. The quantitative estimate of drug-likeness (QED) is 0.830. The van der Waals surface area contributed by atoms with Crippen molar-refractivity contribution < 1.29 is 14.3 Å². The second-order valence-corrected chi connectivity index (χ2v) is 4.47. The normalized spacial score (nSPS) is 11.2. The third-order valence-corrected chi connectivity index (χ3v) is 2.94. The van der Waals surface area contributed by atoms with Gasteiger partial charge in [0.15, 0.2) is 0 Å². The van der Waals surface area contributed by atoms with Crippen LogP contribution in [0.25, 0.3) is 0 Å². The Labute approximate surface area is 122 Å². The highest BCUT2D eigenvalue weighted by Gasteiger charge is 2.18. The lowest BCUT2D eigenvalue weighted by atomic mass is 10.1. The van der Waals surface area contributed by atoms with E-state index in [9.17, 15) is 14.3 Å². The Morgan fingerprint density at radius 1 is 1.29 bits per heavy atom. The maximum absolute atomic E-state index is 13.1. The van der Waals surface area contributed by atoms with Crippen LogP contribution < -0.4 is 0 Å². The van der Waals surface area contributed by atoms with Gasteiger partial charge in [0.05, 0.1) is 37.5 Å². The van der Waals surface area contributed by atoms with Gasteiger partial charge < -0.3 is 10.0 Å². The van der Waals surface area contributed by atoms with E-state index in [4.69, 9.17) is 10.5 Å². The molecular weight excluding hydrogens is 273 g/mol. The molecule has 0 saturated heterocycles. The Balaban J connectivity index is 2.67. The fourth-order valence-electron chi connectivity index (χ4n) is 1.86. The molecule has 0 bridgehead atoms. The van der Waals surface area contributed by atoms with E-state index >= 15 is 0 Å². The third-order valence-electron chi connectivity index (χ3n) is 2.94. The molecule has 0 fully saturated rings. The van der Waals surface area contributed by atoms with Crippen LogP contribution in [0.15, 0.2) is 24.3 Å². The van der Waals surface area contributed by atoms with E-state index < -0.39 is 11.9 Å². The van der Waals surface area contributed by atoms with Crippen LogP contribution in [0, 0.1) is 28.5 Å². The van der Waals surface area contributed by atoms with Crippen LogP contribution in [-0.2, 0) is 4.79 Å². The zero-order chi connectivity index (χ0) is 15.7. The van der Waals surface area contributed by atoms with Gasteiger partial charge in [-0.05, 0) is 17.7 Å². The molecule has 1 amide bonds. The van der Waals surface area contributed by atoms with Gasteiger partial charge in [-0.1, -0.05) is 12.1 Å². The van der Waals surface area contributed by atoms with E-state index in [1.54, 1.807) is 0 Å². The third kappa shape index (κ3) is 5.60. The Bertz CT molecular complexity index is 545. The summed E-state index contributed by atoms with van der Waals surface area (Å²) in [7, 11) is 0. The van der Waals surface area contributed by atoms with Gasteiger partial charge in [0.25, 0.3) is 0 Å². The van der Waals surface area contributed by atoms with Crippen LogP contribution in [0.1, 0.15) is 30.9 Å². The number of benzene rings is 1. The molecular formula is C15H16FN3O2. The van der Waals surface area contributed by atoms with E-state index in [1.807, 2.05) is 12.1 Å². The Morgan fingerprint density at radius 2 is 1.90 bits per heavy atom. The minimum absolute atomic E-state index is 0.160. The number of carbonyl (C=O) groups excluding carboxylic acids is 1. The molecule has 0 aliphatic rings. The van der Waals surface area contributed by atoms with E-state index in [1.165, 1.54) is 29.2 Å². The number of amides is 1. The second-order valence-electron chi connectivity index (χ2n) is 4.47. The summed E-state index contributed by atoms with van der Waals surface area (Å²) in [5.74, 6) is -0.845. The average Bonchev–Trinajstić information content (AvgIpc) is 2.47. The molecule has 0 heterocycles. The first-order valence-electron chi connectivity index (χ1n) is 6.53. The monoisotopic (exact) mass is 289 g/mol. The van der Waals surface area contributed by atoms with E-state index in [2.05, 4.69) is 0 Å². The van der Waals surface area contributed by atoms with Gasteiger partial charge in [-0.25, -0.2) is 4.39 Å². The number of aliphatic hydroxyl groups is 1. The number of hydrogen-bond donors (Lipinski definition) is 1. The average molecular weight is 289 g/mol. The highest BCUT2D eigenvalue weighted by Crippen LogP contribution is 2.18. The second kappa shape index (κ2) is 8.68. The summed E-state index contributed by atoms with van der Waals surface area (Å²) in [6.45, 7) is 0.430. The van der Waals surface area contributed by atoms with Crippen LogP contribution >= 0.6 is 0 Å². The van der Waals surface area contributed by atoms with Crippen LogP contribution in [0.5, 0.6) is 0 Å². The number of rotatable bonds is 7.